The number of carbonyl (C=O) groups excluding carboxylic acids is 4. The lowest BCUT2D eigenvalue weighted by atomic mass is 9.97. The van der Waals surface area contributed by atoms with Gasteiger partial charge in [-0.05, 0) is 109 Å². The van der Waals surface area contributed by atoms with E-state index in [0.717, 1.165) is 55.1 Å². The Morgan fingerprint density at radius 3 is 2.15 bits per heavy atom. The third-order valence-electron chi connectivity index (χ3n) is 11.6. The number of likely N-dealkylation sites (tertiary alicyclic amines) is 1. The smallest absolute Gasteiger partial charge is 0.246 e. The van der Waals surface area contributed by atoms with Crippen LogP contribution in [0.15, 0.2) is 96.5 Å². The summed E-state index contributed by atoms with van der Waals surface area (Å²) in [6, 6.07) is 24.7. The summed E-state index contributed by atoms with van der Waals surface area (Å²) < 4.78 is 23.3. The maximum absolute atomic E-state index is 13.9. The standard InChI is InChI=1S/C50H52N4O11S2/c1-30-47(66-29-52-30)34-4-2-31(3-5-34)26-51-49(60)41-24-38(57)27-54(41)50(61)45(32-6-7-32)53-43(58)28-64-21-20-62-18-19-63-22-23-65-39-15-10-33(11-16-39)46(59)44-40-17-14-37(56)25-42(40)67-48(44)35-8-12-36(55)13-9-35/h2-5,8-17,25,29,32,38,41,45,55-57H,6-7,18-24,26-28H2,1H3,(H,51,60)(H,53,58)/t38?,41?,45-/m0/s1. The van der Waals surface area contributed by atoms with Gasteiger partial charge in [0.05, 0.1) is 55.2 Å². The topological polar surface area (TPSA) is 206 Å². The van der Waals surface area contributed by atoms with Gasteiger partial charge < -0.3 is 49.8 Å². The van der Waals surface area contributed by atoms with Crippen LogP contribution in [-0.2, 0) is 35.1 Å². The number of rotatable bonds is 22. The first-order chi connectivity index (χ1) is 32.5. The number of hydrogen-bond acceptors (Lipinski definition) is 14. The van der Waals surface area contributed by atoms with E-state index >= 15 is 0 Å². The van der Waals surface area contributed by atoms with Crippen molar-refractivity contribution < 1.29 is 53.4 Å². The fourth-order valence-corrected chi connectivity index (χ4v) is 10.0. The number of thiophene rings is 1. The molecule has 2 unspecified atom stereocenters. The van der Waals surface area contributed by atoms with E-state index in [0.29, 0.717) is 36.7 Å². The summed E-state index contributed by atoms with van der Waals surface area (Å²) in [4.78, 5) is 61.4. The zero-order chi connectivity index (χ0) is 46.9. The molecule has 350 valence electrons. The highest BCUT2D eigenvalue weighted by molar-refractivity contribution is 7.22. The summed E-state index contributed by atoms with van der Waals surface area (Å²) in [5.41, 5.74) is 6.50. The summed E-state index contributed by atoms with van der Waals surface area (Å²) in [6.45, 7) is 3.52. The quantitative estimate of drug-likeness (QED) is 0.0379. The number of thiazole rings is 1. The second kappa shape index (κ2) is 22.1. The number of aliphatic hydroxyl groups is 1. The number of aryl methyl sites for hydroxylation is 1. The number of benzene rings is 4. The van der Waals surface area contributed by atoms with E-state index in [-0.39, 0.29) is 81.0 Å². The van der Waals surface area contributed by atoms with Crippen LogP contribution >= 0.6 is 22.7 Å². The van der Waals surface area contributed by atoms with Crippen molar-refractivity contribution in [1.29, 1.82) is 0 Å². The first kappa shape index (κ1) is 47.3. The van der Waals surface area contributed by atoms with Crippen molar-refractivity contribution in [2.45, 2.75) is 50.9 Å². The molecule has 2 fully saturated rings. The first-order valence-electron chi connectivity index (χ1n) is 22.1. The molecule has 3 amide bonds. The van der Waals surface area contributed by atoms with E-state index in [4.69, 9.17) is 18.9 Å². The number of aromatic nitrogens is 1. The highest BCUT2D eigenvalue weighted by atomic mass is 32.1. The predicted octanol–water partition coefficient (Wildman–Crippen LogP) is 6.24. The monoisotopic (exact) mass is 948 g/mol. The Labute approximate surface area is 395 Å². The molecule has 15 nitrogen and oxygen atoms in total. The number of aliphatic hydroxyl groups excluding tert-OH is 1. The van der Waals surface area contributed by atoms with E-state index in [9.17, 15) is 34.5 Å². The van der Waals surface area contributed by atoms with Crippen molar-refractivity contribution in [1.82, 2.24) is 20.5 Å². The molecule has 1 aliphatic carbocycles. The highest BCUT2D eigenvalue weighted by Gasteiger charge is 2.45. The molecule has 67 heavy (non-hydrogen) atoms. The number of ether oxygens (including phenoxy) is 4. The van der Waals surface area contributed by atoms with Crippen LogP contribution < -0.4 is 15.4 Å². The molecule has 0 spiro atoms. The van der Waals surface area contributed by atoms with Crippen LogP contribution in [0.25, 0.3) is 31.0 Å². The molecular formula is C50H52N4O11S2. The van der Waals surface area contributed by atoms with E-state index in [2.05, 4.69) is 15.6 Å². The molecule has 8 rings (SSSR count). The van der Waals surface area contributed by atoms with Crippen LogP contribution in [0.3, 0.4) is 0 Å². The predicted molar refractivity (Wildman–Crippen MR) is 253 cm³/mol. The summed E-state index contributed by atoms with van der Waals surface area (Å²) >= 11 is 2.97. The number of amides is 3. The van der Waals surface area contributed by atoms with Gasteiger partial charge in [0.2, 0.25) is 17.7 Å². The number of hydrogen-bond donors (Lipinski definition) is 5. The normalized spacial score (nSPS) is 16.2. The third kappa shape index (κ3) is 12.0. The molecule has 1 saturated heterocycles. The Bertz CT molecular complexity index is 2670. The fourth-order valence-electron chi connectivity index (χ4n) is 7.97. The van der Waals surface area contributed by atoms with Crippen LogP contribution in [0.5, 0.6) is 17.2 Å². The average Bonchev–Trinajstić information content (AvgIpc) is 3.79. The minimum absolute atomic E-state index is 0.00960. The lowest BCUT2D eigenvalue weighted by Crippen LogP contribution is -2.54. The number of aromatic hydroxyl groups is 2. The molecule has 5 N–H and O–H groups in total. The number of phenols is 2. The van der Waals surface area contributed by atoms with E-state index < -0.39 is 24.1 Å². The summed E-state index contributed by atoms with van der Waals surface area (Å²) in [5, 5.41) is 36.8. The molecule has 6 aromatic rings. The van der Waals surface area contributed by atoms with Gasteiger partial charge in [-0.25, -0.2) is 4.98 Å². The number of fused-ring (bicyclic) bond motifs is 1. The van der Waals surface area contributed by atoms with Crippen LogP contribution in [0, 0.1) is 12.8 Å². The third-order valence-corrected chi connectivity index (χ3v) is 13.8. The number of carbonyl (C=O) groups is 4. The van der Waals surface area contributed by atoms with Crippen molar-refractivity contribution in [2.24, 2.45) is 5.92 Å². The summed E-state index contributed by atoms with van der Waals surface area (Å²) in [6.07, 6.45) is 0.804. The fraction of sp³-hybridized carbons (Fsp3) is 0.340. The van der Waals surface area contributed by atoms with Gasteiger partial charge in [-0.15, -0.1) is 22.7 Å². The Balaban J connectivity index is 0.703. The lowest BCUT2D eigenvalue weighted by molar-refractivity contribution is -0.142. The number of β-amino-alcohol motifs (C(OH)–C–C–N with tert-alkyl or cyclic N) is 1. The summed E-state index contributed by atoms with van der Waals surface area (Å²) in [7, 11) is 0. The molecule has 1 aliphatic heterocycles. The van der Waals surface area contributed by atoms with Crippen molar-refractivity contribution in [3.8, 4) is 38.1 Å². The molecule has 1 saturated carbocycles. The molecule has 2 aromatic heterocycles. The van der Waals surface area contributed by atoms with Gasteiger partial charge in [0.15, 0.2) is 5.78 Å². The molecule has 17 heteroatoms. The molecule has 3 atom stereocenters. The Hall–Kier alpha value is -6.21. The minimum atomic E-state index is -0.854. The Kier molecular flexibility index (Phi) is 15.6. The minimum Gasteiger partial charge on any atom is -0.508 e. The van der Waals surface area contributed by atoms with Crippen LogP contribution in [0.1, 0.15) is 46.4 Å². The van der Waals surface area contributed by atoms with Crippen molar-refractivity contribution in [3.05, 3.63) is 119 Å². The lowest BCUT2D eigenvalue weighted by Gasteiger charge is -2.28. The van der Waals surface area contributed by atoms with Crippen molar-refractivity contribution in [3.63, 3.8) is 0 Å². The van der Waals surface area contributed by atoms with Crippen LogP contribution in [0.2, 0.25) is 0 Å². The van der Waals surface area contributed by atoms with Crippen LogP contribution in [-0.4, -0.2) is 120 Å². The maximum atomic E-state index is 13.9. The largest absolute Gasteiger partial charge is 0.508 e. The zero-order valence-electron chi connectivity index (χ0n) is 36.9. The van der Waals surface area contributed by atoms with Gasteiger partial charge in [0, 0.05) is 45.6 Å². The second-order valence-corrected chi connectivity index (χ2v) is 18.4. The van der Waals surface area contributed by atoms with Gasteiger partial charge in [0.1, 0.15) is 42.5 Å². The average molecular weight is 949 g/mol. The molecule has 4 aromatic carbocycles. The highest BCUT2D eigenvalue weighted by Crippen LogP contribution is 2.42. The molecule has 2 aliphatic rings. The van der Waals surface area contributed by atoms with Crippen molar-refractivity contribution >= 4 is 56.3 Å². The van der Waals surface area contributed by atoms with Crippen molar-refractivity contribution in [2.75, 3.05) is 52.8 Å². The Morgan fingerprint density at radius 2 is 1.46 bits per heavy atom. The maximum Gasteiger partial charge on any atom is 0.246 e. The second-order valence-electron chi connectivity index (χ2n) is 16.5. The van der Waals surface area contributed by atoms with E-state index in [1.165, 1.54) is 16.2 Å². The van der Waals surface area contributed by atoms with E-state index in [1.807, 2.05) is 36.7 Å². The molecule has 0 bridgehead atoms. The van der Waals surface area contributed by atoms with Crippen LogP contribution in [0.4, 0.5) is 0 Å². The van der Waals surface area contributed by atoms with Gasteiger partial charge >= 0.3 is 0 Å². The van der Waals surface area contributed by atoms with Gasteiger partial charge in [-0.2, -0.15) is 0 Å². The van der Waals surface area contributed by atoms with Gasteiger partial charge in [-0.3, -0.25) is 19.2 Å². The SMILES string of the molecule is Cc1ncsc1-c1ccc(CNC(=O)C2CC(O)CN2C(=O)[C@@H](NC(=O)COCCOCCOCCOc2ccc(C(=O)c3c(-c4ccc(O)cc4)sc4cc(O)ccc34)cc2)C2CC2)cc1. The zero-order valence-corrected chi connectivity index (χ0v) is 38.5. The number of phenolic OH excluding ortho intramolecular Hbond substituents is 2. The number of nitrogens with one attached hydrogen (secondary N) is 2. The summed E-state index contributed by atoms with van der Waals surface area (Å²) in [5.74, 6) is -0.609. The Morgan fingerprint density at radius 1 is 0.806 bits per heavy atom. The molecular weight excluding hydrogens is 897 g/mol. The van der Waals surface area contributed by atoms with E-state index in [1.54, 1.807) is 78.1 Å². The first-order valence-corrected chi connectivity index (χ1v) is 23.8. The molecule has 0 radical (unpaired) electrons. The number of nitrogens with zero attached hydrogens (tertiary/aromatic N) is 2. The number of ketones is 1. The van der Waals surface area contributed by atoms with Gasteiger partial charge in [0.25, 0.3) is 0 Å². The molecule has 3 heterocycles. The van der Waals surface area contributed by atoms with Gasteiger partial charge in [-0.1, -0.05) is 24.3 Å².